The van der Waals surface area contributed by atoms with E-state index in [0.717, 1.165) is 46.9 Å². The molecule has 0 aliphatic heterocycles. The number of hydrogen-bond donors (Lipinski definition) is 0. The van der Waals surface area contributed by atoms with Crippen molar-refractivity contribution in [2.24, 2.45) is 0 Å². The van der Waals surface area contributed by atoms with Crippen molar-refractivity contribution >= 4 is 11.3 Å². The molecular formula is C26H25N5OS. The molecule has 0 saturated heterocycles. The van der Waals surface area contributed by atoms with Crippen molar-refractivity contribution in [1.82, 2.24) is 24.9 Å². The van der Waals surface area contributed by atoms with Crippen molar-refractivity contribution in [3.8, 4) is 27.7 Å². The van der Waals surface area contributed by atoms with Crippen LogP contribution in [0.1, 0.15) is 24.8 Å². The van der Waals surface area contributed by atoms with Crippen molar-refractivity contribution in [2.45, 2.75) is 26.4 Å². The zero-order chi connectivity index (χ0) is 22.5. The molecule has 0 saturated carbocycles. The first-order valence-corrected chi connectivity index (χ1v) is 12.0. The van der Waals surface area contributed by atoms with Gasteiger partial charge in [-0.15, -0.1) is 21.5 Å². The van der Waals surface area contributed by atoms with Crippen LogP contribution in [0.4, 0.5) is 0 Å². The summed E-state index contributed by atoms with van der Waals surface area (Å²) in [6, 6.07) is 24.5. The Hall–Kier alpha value is -3.55. The van der Waals surface area contributed by atoms with Gasteiger partial charge in [-0.2, -0.15) is 5.10 Å². The normalized spacial score (nSPS) is 11.3. The predicted octanol–water partition coefficient (Wildman–Crippen LogP) is 6.06. The SMILES string of the molecule is CCCN(Cc1nnc(-c2cccs2)o1)Cc1cn(-c2ccccc2)nc1-c1ccccc1. The van der Waals surface area contributed by atoms with Gasteiger partial charge in [0.1, 0.15) is 0 Å². The molecule has 5 aromatic rings. The topological polar surface area (TPSA) is 60.0 Å². The lowest BCUT2D eigenvalue weighted by Crippen LogP contribution is -2.24. The van der Waals surface area contributed by atoms with Crippen LogP contribution in [-0.4, -0.2) is 31.4 Å². The van der Waals surface area contributed by atoms with Gasteiger partial charge in [-0.25, -0.2) is 4.68 Å². The van der Waals surface area contributed by atoms with Crippen LogP contribution in [0.25, 0.3) is 27.7 Å². The Kier molecular flexibility index (Phi) is 6.41. The fraction of sp³-hybridized carbons (Fsp3) is 0.192. The summed E-state index contributed by atoms with van der Waals surface area (Å²) in [5.41, 5.74) is 4.30. The van der Waals surface area contributed by atoms with Crippen LogP contribution < -0.4 is 0 Å². The summed E-state index contributed by atoms with van der Waals surface area (Å²) in [6.07, 6.45) is 3.16. The molecule has 0 fully saturated rings. The van der Waals surface area contributed by atoms with Crippen LogP contribution in [-0.2, 0) is 13.1 Å². The van der Waals surface area contributed by atoms with Crippen LogP contribution in [0.5, 0.6) is 0 Å². The largest absolute Gasteiger partial charge is 0.419 e. The molecule has 3 aromatic heterocycles. The Morgan fingerprint density at radius 2 is 1.70 bits per heavy atom. The Labute approximate surface area is 197 Å². The van der Waals surface area contributed by atoms with E-state index in [0.29, 0.717) is 18.3 Å². The van der Waals surface area contributed by atoms with Gasteiger partial charge in [0, 0.05) is 23.9 Å². The molecule has 0 bridgehead atoms. The summed E-state index contributed by atoms with van der Waals surface area (Å²) in [4.78, 5) is 3.33. The van der Waals surface area contributed by atoms with Gasteiger partial charge in [0.05, 0.1) is 22.8 Å². The monoisotopic (exact) mass is 455 g/mol. The summed E-state index contributed by atoms with van der Waals surface area (Å²) < 4.78 is 7.92. The number of hydrogen-bond acceptors (Lipinski definition) is 6. The summed E-state index contributed by atoms with van der Waals surface area (Å²) >= 11 is 1.60. The lowest BCUT2D eigenvalue weighted by Gasteiger charge is -2.19. The van der Waals surface area contributed by atoms with Gasteiger partial charge in [-0.05, 0) is 36.5 Å². The van der Waals surface area contributed by atoms with Crippen LogP contribution in [0.3, 0.4) is 0 Å². The van der Waals surface area contributed by atoms with Gasteiger partial charge in [0.25, 0.3) is 5.89 Å². The van der Waals surface area contributed by atoms with Crippen LogP contribution >= 0.6 is 11.3 Å². The third-order valence-electron chi connectivity index (χ3n) is 5.35. The van der Waals surface area contributed by atoms with Crippen molar-refractivity contribution in [1.29, 1.82) is 0 Å². The standard InChI is InChI=1S/C26H25N5OS/c1-2-15-30(19-24-27-28-26(32-24)23-14-9-16-33-23)17-21-18-31(22-12-7-4-8-13-22)29-25(21)20-10-5-3-6-11-20/h3-14,16,18H,2,15,17,19H2,1H3. The summed E-state index contributed by atoms with van der Waals surface area (Å²) in [7, 11) is 0. The maximum absolute atomic E-state index is 5.96. The second-order valence-corrected chi connectivity index (χ2v) is 8.79. The van der Waals surface area contributed by atoms with Gasteiger partial charge >= 0.3 is 0 Å². The van der Waals surface area contributed by atoms with Gasteiger partial charge in [0.2, 0.25) is 5.89 Å². The molecule has 0 aliphatic carbocycles. The van der Waals surface area contributed by atoms with E-state index < -0.39 is 0 Å². The number of rotatable bonds is 9. The molecule has 0 aliphatic rings. The van der Waals surface area contributed by atoms with Crippen LogP contribution in [0.15, 0.2) is 88.8 Å². The lowest BCUT2D eigenvalue weighted by atomic mass is 10.1. The molecule has 0 amide bonds. The minimum absolute atomic E-state index is 0.582. The zero-order valence-corrected chi connectivity index (χ0v) is 19.3. The van der Waals surface area contributed by atoms with E-state index >= 15 is 0 Å². The van der Waals surface area contributed by atoms with Gasteiger partial charge in [-0.3, -0.25) is 4.90 Å². The van der Waals surface area contributed by atoms with E-state index in [-0.39, 0.29) is 0 Å². The smallest absolute Gasteiger partial charge is 0.257 e. The minimum atomic E-state index is 0.582. The third-order valence-corrected chi connectivity index (χ3v) is 6.21. The Morgan fingerprint density at radius 1 is 0.909 bits per heavy atom. The summed E-state index contributed by atoms with van der Waals surface area (Å²) in [5.74, 6) is 1.21. The summed E-state index contributed by atoms with van der Waals surface area (Å²) in [5, 5.41) is 15.5. The van der Waals surface area contributed by atoms with E-state index in [2.05, 4.69) is 64.6 Å². The molecule has 0 N–H and O–H groups in total. The Morgan fingerprint density at radius 3 is 2.42 bits per heavy atom. The number of aromatic nitrogens is 4. The van der Waals surface area contributed by atoms with Crippen LogP contribution in [0, 0.1) is 0 Å². The highest BCUT2D eigenvalue weighted by atomic mass is 32.1. The average Bonchev–Trinajstić information content (AvgIpc) is 3.62. The molecule has 2 aromatic carbocycles. The first kappa shape index (κ1) is 21.3. The Bertz CT molecular complexity index is 1280. The maximum atomic E-state index is 5.96. The van der Waals surface area contributed by atoms with E-state index in [1.165, 1.54) is 0 Å². The van der Waals surface area contributed by atoms with Crippen LogP contribution in [0.2, 0.25) is 0 Å². The first-order valence-electron chi connectivity index (χ1n) is 11.1. The van der Waals surface area contributed by atoms with Crippen molar-refractivity contribution in [2.75, 3.05) is 6.54 Å². The molecule has 33 heavy (non-hydrogen) atoms. The first-order chi connectivity index (χ1) is 16.3. The molecule has 0 spiro atoms. The minimum Gasteiger partial charge on any atom is -0.419 e. The summed E-state index contributed by atoms with van der Waals surface area (Å²) in [6.45, 7) is 4.43. The highest BCUT2D eigenvalue weighted by Gasteiger charge is 2.18. The van der Waals surface area contributed by atoms with Gasteiger partial charge in [0.15, 0.2) is 0 Å². The number of benzene rings is 2. The molecule has 3 heterocycles. The highest BCUT2D eigenvalue weighted by molar-refractivity contribution is 7.13. The molecular weight excluding hydrogens is 430 g/mol. The molecule has 6 nitrogen and oxygen atoms in total. The van der Waals surface area contributed by atoms with E-state index in [9.17, 15) is 0 Å². The molecule has 0 atom stereocenters. The Balaban J connectivity index is 1.43. The number of nitrogens with zero attached hydrogens (tertiary/aromatic N) is 5. The lowest BCUT2D eigenvalue weighted by molar-refractivity contribution is 0.232. The van der Waals surface area contributed by atoms with Crippen molar-refractivity contribution < 1.29 is 4.42 Å². The molecule has 0 radical (unpaired) electrons. The molecule has 0 unspecified atom stereocenters. The fourth-order valence-corrected chi connectivity index (χ4v) is 4.50. The second kappa shape index (κ2) is 9.94. The van der Waals surface area contributed by atoms with Gasteiger partial charge < -0.3 is 4.42 Å². The maximum Gasteiger partial charge on any atom is 0.257 e. The quantitative estimate of drug-likeness (QED) is 0.270. The molecule has 7 heteroatoms. The number of thiophene rings is 1. The predicted molar refractivity (Wildman–Crippen MR) is 131 cm³/mol. The van der Waals surface area contributed by atoms with Gasteiger partial charge in [-0.1, -0.05) is 61.5 Å². The van der Waals surface area contributed by atoms with E-state index in [1.54, 1.807) is 11.3 Å². The number of para-hydroxylation sites is 1. The van der Waals surface area contributed by atoms with E-state index in [1.807, 2.05) is 46.5 Å². The fourth-order valence-electron chi connectivity index (χ4n) is 3.86. The molecule has 166 valence electrons. The average molecular weight is 456 g/mol. The molecule has 5 rings (SSSR count). The highest BCUT2D eigenvalue weighted by Crippen LogP contribution is 2.27. The zero-order valence-electron chi connectivity index (χ0n) is 18.5. The van der Waals surface area contributed by atoms with Crippen molar-refractivity contribution in [3.05, 3.63) is 95.8 Å². The third kappa shape index (κ3) is 4.94. The van der Waals surface area contributed by atoms with E-state index in [4.69, 9.17) is 9.52 Å². The van der Waals surface area contributed by atoms with Crippen molar-refractivity contribution in [3.63, 3.8) is 0 Å². The second-order valence-electron chi connectivity index (χ2n) is 7.84.